The van der Waals surface area contributed by atoms with Gasteiger partial charge in [0, 0.05) is 6.54 Å². The lowest BCUT2D eigenvalue weighted by Crippen LogP contribution is -2.29. The maximum absolute atomic E-state index is 12.1. The molecule has 6 heteroatoms. The number of halogens is 3. The number of ether oxygens (including phenoxy) is 1. The number of Topliss-reactive ketones (excluding diaryl/α,β-unsaturated/α-hetero) is 1. The standard InChI is InChI=1S/C14H18F3NO2/c1-10-4-5-11(13(8-10)20-3)12(19)9-18(2)7-6-14(15,16)17/h4-5,8H,6-7,9H2,1-3H3. The summed E-state index contributed by atoms with van der Waals surface area (Å²) < 4.78 is 41.4. The average Bonchev–Trinajstić information content (AvgIpc) is 2.35. The second-order valence-electron chi connectivity index (χ2n) is 4.73. The van der Waals surface area contributed by atoms with Crippen molar-refractivity contribution in [1.82, 2.24) is 4.90 Å². The topological polar surface area (TPSA) is 29.5 Å². The summed E-state index contributed by atoms with van der Waals surface area (Å²) in [6.07, 6.45) is -5.14. The SMILES string of the molecule is COc1cc(C)ccc1C(=O)CN(C)CCC(F)(F)F. The highest BCUT2D eigenvalue weighted by Crippen LogP contribution is 2.22. The summed E-state index contributed by atoms with van der Waals surface area (Å²) >= 11 is 0. The van der Waals surface area contributed by atoms with Gasteiger partial charge < -0.3 is 4.74 Å². The van der Waals surface area contributed by atoms with Crippen LogP contribution in [0.25, 0.3) is 0 Å². The van der Waals surface area contributed by atoms with Gasteiger partial charge >= 0.3 is 6.18 Å². The van der Waals surface area contributed by atoms with Gasteiger partial charge in [-0.3, -0.25) is 9.69 Å². The highest BCUT2D eigenvalue weighted by atomic mass is 19.4. The maximum Gasteiger partial charge on any atom is 0.390 e. The van der Waals surface area contributed by atoms with Crippen molar-refractivity contribution in [2.24, 2.45) is 0 Å². The summed E-state index contributed by atoms with van der Waals surface area (Å²) in [5.74, 6) is 0.186. The lowest BCUT2D eigenvalue weighted by molar-refractivity contribution is -0.137. The quantitative estimate of drug-likeness (QED) is 0.754. The van der Waals surface area contributed by atoms with Gasteiger partial charge in [0.15, 0.2) is 5.78 Å². The minimum Gasteiger partial charge on any atom is -0.496 e. The van der Waals surface area contributed by atoms with E-state index in [1.807, 2.05) is 6.92 Å². The Kier molecular flexibility index (Phi) is 5.56. The van der Waals surface area contributed by atoms with Crippen molar-refractivity contribution in [2.75, 3.05) is 27.2 Å². The molecule has 0 fully saturated rings. The molecule has 0 radical (unpaired) electrons. The molecule has 0 saturated heterocycles. The number of methoxy groups -OCH3 is 1. The van der Waals surface area contributed by atoms with E-state index in [1.165, 1.54) is 19.1 Å². The second kappa shape index (κ2) is 6.74. The average molecular weight is 289 g/mol. The van der Waals surface area contributed by atoms with Gasteiger partial charge in [-0.2, -0.15) is 13.2 Å². The fourth-order valence-electron chi connectivity index (χ4n) is 1.76. The Bertz CT molecular complexity index is 472. The molecule has 1 rings (SSSR count). The molecule has 1 aromatic carbocycles. The molecular weight excluding hydrogens is 271 g/mol. The van der Waals surface area contributed by atoms with Crippen LogP contribution in [-0.4, -0.2) is 44.1 Å². The molecular formula is C14H18F3NO2. The molecule has 20 heavy (non-hydrogen) atoms. The molecule has 0 atom stereocenters. The van der Waals surface area contributed by atoms with Crippen molar-refractivity contribution in [3.8, 4) is 5.75 Å². The van der Waals surface area contributed by atoms with E-state index in [0.29, 0.717) is 11.3 Å². The minimum absolute atomic E-state index is 0.0739. The lowest BCUT2D eigenvalue weighted by Gasteiger charge is -2.17. The molecule has 0 unspecified atom stereocenters. The van der Waals surface area contributed by atoms with E-state index in [4.69, 9.17) is 4.74 Å². The zero-order chi connectivity index (χ0) is 15.3. The normalized spacial score (nSPS) is 11.8. The number of nitrogens with zero attached hydrogens (tertiary/aromatic N) is 1. The Morgan fingerprint density at radius 2 is 2.00 bits per heavy atom. The number of likely N-dealkylation sites (N-methyl/N-ethyl adjacent to an activating group) is 1. The summed E-state index contributed by atoms with van der Waals surface area (Å²) in [7, 11) is 2.95. The Balaban J connectivity index is 2.67. The van der Waals surface area contributed by atoms with Gasteiger partial charge in [0.1, 0.15) is 5.75 Å². The number of hydrogen-bond donors (Lipinski definition) is 0. The summed E-state index contributed by atoms with van der Waals surface area (Å²) in [6.45, 7) is 1.59. The van der Waals surface area contributed by atoms with Gasteiger partial charge in [-0.25, -0.2) is 0 Å². The summed E-state index contributed by atoms with van der Waals surface area (Å²) in [6, 6.07) is 5.13. The van der Waals surface area contributed by atoms with E-state index in [2.05, 4.69) is 0 Å². The third-order valence-electron chi connectivity index (χ3n) is 2.85. The summed E-state index contributed by atoms with van der Waals surface area (Å²) in [5.41, 5.74) is 1.33. The van der Waals surface area contributed by atoms with Crippen molar-refractivity contribution < 1.29 is 22.7 Å². The largest absolute Gasteiger partial charge is 0.496 e. The zero-order valence-electron chi connectivity index (χ0n) is 11.8. The molecule has 0 spiro atoms. The maximum atomic E-state index is 12.1. The third kappa shape index (κ3) is 5.21. The third-order valence-corrected chi connectivity index (χ3v) is 2.85. The molecule has 0 bridgehead atoms. The van der Waals surface area contributed by atoms with Crippen LogP contribution in [0.15, 0.2) is 18.2 Å². The predicted octanol–water partition coefficient (Wildman–Crippen LogP) is 3.07. The summed E-state index contributed by atoms with van der Waals surface area (Å²) in [4.78, 5) is 13.4. The van der Waals surface area contributed by atoms with Crippen LogP contribution in [0.5, 0.6) is 5.75 Å². The molecule has 3 nitrogen and oxygen atoms in total. The number of ketones is 1. The summed E-state index contributed by atoms with van der Waals surface area (Å²) in [5, 5.41) is 0. The van der Waals surface area contributed by atoms with Crippen molar-refractivity contribution in [3.05, 3.63) is 29.3 Å². The Hall–Kier alpha value is -1.56. The molecule has 0 heterocycles. The monoisotopic (exact) mass is 289 g/mol. The van der Waals surface area contributed by atoms with Gasteiger partial charge in [0.2, 0.25) is 0 Å². The van der Waals surface area contributed by atoms with Crippen LogP contribution in [0.2, 0.25) is 0 Å². The predicted molar refractivity (Wildman–Crippen MR) is 70.2 cm³/mol. The van der Waals surface area contributed by atoms with Crippen LogP contribution in [0.3, 0.4) is 0 Å². The van der Waals surface area contributed by atoms with E-state index in [-0.39, 0.29) is 18.9 Å². The Morgan fingerprint density at radius 1 is 1.35 bits per heavy atom. The van der Waals surface area contributed by atoms with Crippen molar-refractivity contribution >= 4 is 5.78 Å². The lowest BCUT2D eigenvalue weighted by atomic mass is 10.1. The fourth-order valence-corrected chi connectivity index (χ4v) is 1.76. The first-order chi connectivity index (χ1) is 9.23. The van der Waals surface area contributed by atoms with E-state index >= 15 is 0 Å². The smallest absolute Gasteiger partial charge is 0.390 e. The minimum atomic E-state index is -4.21. The van der Waals surface area contributed by atoms with E-state index in [1.54, 1.807) is 18.2 Å². The molecule has 0 aliphatic carbocycles. The number of alkyl halides is 3. The fraction of sp³-hybridized carbons (Fsp3) is 0.500. The van der Waals surface area contributed by atoms with Gasteiger partial charge in [-0.15, -0.1) is 0 Å². The van der Waals surface area contributed by atoms with Crippen LogP contribution < -0.4 is 4.74 Å². The highest BCUT2D eigenvalue weighted by Gasteiger charge is 2.27. The van der Waals surface area contributed by atoms with Crippen LogP contribution >= 0.6 is 0 Å². The number of carbonyl (C=O) groups excluding carboxylic acids is 1. The van der Waals surface area contributed by atoms with Crippen molar-refractivity contribution in [3.63, 3.8) is 0 Å². The first kappa shape index (κ1) is 16.5. The van der Waals surface area contributed by atoms with E-state index < -0.39 is 12.6 Å². The number of carbonyl (C=O) groups is 1. The molecule has 112 valence electrons. The molecule has 0 aromatic heterocycles. The molecule has 0 aliphatic heterocycles. The number of hydrogen-bond acceptors (Lipinski definition) is 3. The molecule has 0 aliphatic rings. The Labute approximate surface area is 116 Å². The van der Waals surface area contributed by atoms with Crippen LogP contribution in [0, 0.1) is 6.92 Å². The van der Waals surface area contributed by atoms with Crippen LogP contribution in [0.4, 0.5) is 13.2 Å². The molecule has 0 saturated carbocycles. The molecule has 0 amide bonds. The van der Waals surface area contributed by atoms with Gasteiger partial charge in [0.05, 0.1) is 25.6 Å². The van der Waals surface area contributed by atoms with Crippen molar-refractivity contribution in [1.29, 1.82) is 0 Å². The van der Waals surface area contributed by atoms with E-state index in [9.17, 15) is 18.0 Å². The van der Waals surface area contributed by atoms with Gasteiger partial charge in [0.25, 0.3) is 0 Å². The number of benzene rings is 1. The second-order valence-corrected chi connectivity index (χ2v) is 4.73. The highest BCUT2D eigenvalue weighted by molar-refractivity contribution is 6.00. The Morgan fingerprint density at radius 3 is 2.55 bits per heavy atom. The number of rotatable bonds is 6. The number of aryl methyl sites for hydroxylation is 1. The zero-order valence-corrected chi connectivity index (χ0v) is 11.8. The first-order valence-electron chi connectivity index (χ1n) is 6.16. The first-order valence-corrected chi connectivity index (χ1v) is 6.16. The van der Waals surface area contributed by atoms with Crippen LogP contribution in [0.1, 0.15) is 22.3 Å². The van der Waals surface area contributed by atoms with E-state index in [0.717, 1.165) is 5.56 Å². The van der Waals surface area contributed by atoms with Crippen molar-refractivity contribution in [2.45, 2.75) is 19.5 Å². The van der Waals surface area contributed by atoms with Gasteiger partial charge in [-0.05, 0) is 31.7 Å². The molecule has 1 aromatic rings. The molecule has 0 N–H and O–H groups in total. The van der Waals surface area contributed by atoms with Crippen LogP contribution in [-0.2, 0) is 0 Å². The van der Waals surface area contributed by atoms with Gasteiger partial charge in [-0.1, -0.05) is 6.07 Å².